The summed E-state index contributed by atoms with van der Waals surface area (Å²) in [4.78, 5) is 14.7. The first-order chi connectivity index (χ1) is 12.2. The number of likely N-dealkylation sites (N-methyl/N-ethyl adjacent to an activating group) is 1. The summed E-state index contributed by atoms with van der Waals surface area (Å²) in [5, 5.41) is 7.28. The van der Waals surface area contributed by atoms with Crippen molar-refractivity contribution in [3.8, 4) is 0 Å². The summed E-state index contributed by atoms with van der Waals surface area (Å²) in [5.41, 5.74) is 1.09. The van der Waals surface area contributed by atoms with Crippen molar-refractivity contribution in [2.45, 2.75) is 45.6 Å². The van der Waals surface area contributed by atoms with E-state index in [1.54, 1.807) is 0 Å². The van der Waals surface area contributed by atoms with E-state index in [4.69, 9.17) is 11.6 Å². The second kappa shape index (κ2) is 10.8. The third kappa shape index (κ3) is 6.28. The molecule has 0 bridgehead atoms. The van der Waals surface area contributed by atoms with Gasteiger partial charge in [0.15, 0.2) is 0 Å². The van der Waals surface area contributed by atoms with E-state index in [1.165, 1.54) is 12.8 Å². The summed E-state index contributed by atoms with van der Waals surface area (Å²) < 4.78 is 0. The smallest absolute Gasteiger partial charge is 0.220 e. The monoisotopic (exact) mass is 365 g/mol. The summed E-state index contributed by atoms with van der Waals surface area (Å²) in [6.45, 7) is 8.93. The SMILES string of the molecule is CCN(CC)C(CNC(=O)CCC1CCNCC1)c1ccccc1Cl. The van der Waals surface area contributed by atoms with E-state index in [0.29, 0.717) is 18.9 Å². The van der Waals surface area contributed by atoms with Crippen LogP contribution in [0.4, 0.5) is 0 Å². The lowest BCUT2D eigenvalue weighted by Crippen LogP contribution is -2.38. The van der Waals surface area contributed by atoms with Gasteiger partial charge >= 0.3 is 0 Å². The Morgan fingerprint density at radius 2 is 1.96 bits per heavy atom. The fourth-order valence-corrected chi connectivity index (χ4v) is 3.91. The zero-order chi connectivity index (χ0) is 18.1. The van der Waals surface area contributed by atoms with E-state index in [2.05, 4.69) is 35.4 Å². The molecule has 1 aromatic carbocycles. The van der Waals surface area contributed by atoms with E-state index in [0.717, 1.165) is 43.2 Å². The molecule has 25 heavy (non-hydrogen) atoms. The Morgan fingerprint density at radius 3 is 2.60 bits per heavy atom. The van der Waals surface area contributed by atoms with Crippen LogP contribution in [0.5, 0.6) is 0 Å². The maximum absolute atomic E-state index is 12.3. The van der Waals surface area contributed by atoms with Gasteiger partial charge in [-0.3, -0.25) is 9.69 Å². The fraction of sp³-hybridized carbons (Fsp3) is 0.650. The first-order valence-electron chi connectivity index (χ1n) is 9.61. The van der Waals surface area contributed by atoms with Gasteiger partial charge in [0.25, 0.3) is 0 Å². The summed E-state index contributed by atoms with van der Waals surface area (Å²) in [7, 11) is 0. The minimum absolute atomic E-state index is 0.117. The number of nitrogens with one attached hydrogen (secondary N) is 2. The number of nitrogens with zero attached hydrogens (tertiary/aromatic N) is 1. The number of rotatable bonds is 9. The van der Waals surface area contributed by atoms with Crippen LogP contribution in [0.15, 0.2) is 24.3 Å². The number of halogens is 1. The molecule has 0 saturated carbocycles. The van der Waals surface area contributed by atoms with Gasteiger partial charge in [-0.05, 0) is 63.0 Å². The molecule has 2 rings (SSSR count). The van der Waals surface area contributed by atoms with E-state index in [9.17, 15) is 4.79 Å². The predicted octanol–water partition coefficient (Wildman–Crippen LogP) is 3.62. The second-order valence-electron chi connectivity index (χ2n) is 6.79. The van der Waals surface area contributed by atoms with E-state index >= 15 is 0 Å². The van der Waals surface area contributed by atoms with Crippen LogP contribution < -0.4 is 10.6 Å². The number of hydrogen-bond donors (Lipinski definition) is 2. The Labute approximate surface area is 157 Å². The van der Waals surface area contributed by atoms with E-state index in [-0.39, 0.29) is 11.9 Å². The summed E-state index contributed by atoms with van der Waals surface area (Å²) in [5.74, 6) is 0.844. The van der Waals surface area contributed by atoms with E-state index < -0.39 is 0 Å². The zero-order valence-corrected chi connectivity index (χ0v) is 16.3. The molecule has 2 N–H and O–H groups in total. The lowest BCUT2D eigenvalue weighted by atomic mass is 9.93. The molecule has 1 unspecified atom stereocenters. The highest BCUT2D eigenvalue weighted by Crippen LogP contribution is 2.27. The molecule has 1 heterocycles. The molecule has 4 nitrogen and oxygen atoms in total. The molecule has 0 aliphatic carbocycles. The van der Waals surface area contributed by atoms with Gasteiger partial charge in [0.05, 0.1) is 6.04 Å². The maximum atomic E-state index is 12.3. The van der Waals surface area contributed by atoms with Crippen molar-refractivity contribution >= 4 is 17.5 Å². The number of hydrogen-bond acceptors (Lipinski definition) is 3. The van der Waals surface area contributed by atoms with Gasteiger partial charge in [0.2, 0.25) is 5.91 Å². The summed E-state index contributed by atoms with van der Waals surface area (Å²) in [6.07, 6.45) is 4.00. The molecule has 0 radical (unpaired) electrons. The largest absolute Gasteiger partial charge is 0.354 e. The molecule has 0 aromatic heterocycles. The highest BCUT2D eigenvalue weighted by molar-refractivity contribution is 6.31. The Bertz CT molecular complexity index is 527. The fourth-order valence-electron chi connectivity index (χ4n) is 3.65. The number of benzene rings is 1. The minimum atomic E-state index is 0.117. The van der Waals surface area contributed by atoms with Gasteiger partial charge < -0.3 is 10.6 Å². The Kier molecular flexibility index (Phi) is 8.73. The molecule has 1 aliphatic rings. The first kappa shape index (κ1) is 20.2. The van der Waals surface area contributed by atoms with Crippen LogP contribution in [0.2, 0.25) is 5.02 Å². The third-order valence-corrected chi connectivity index (χ3v) is 5.59. The van der Waals surface area contributed by atoms with Crippen LogP contribution in [-0.2, 0) is 4.79 Å². The van der Waals surface area contributed by atoms with Crippen LogP contribution >= 0.6 is 11.6 Å². The van der Waals surface area contributed by atoms with Crippen LogP contribution in [0.1, 0.15) is 51.1 Å². The van der Waals surface area contributed by atoms with E-state index in [1.807, 2.05) is 18.2 Å². The lowest BCUT2D eigenvalue weighted by molar-refractivity contribution is -0.121. The predicted molar refractivity (Wildman–Crippen MR) is 105 cm³/mol. The van der Waals surface area contributed by atoms with Crippen molar-refractivity contribution in [3.05, 3.63) is 34.9 Å². The average molecular weight is 366 g/mol. The quantitative estimate of drug-likeness (QED) is 0.702. The van der Waals surface area contributed by atoms with Crippen molar-refractivity contribution in [1.29, 1.82) is 0 Å². The summed E-state index contributed by atoms with van der Waals surface area (Å²) >= 11 is 6.41. The second-order valence-corrected chi connectivity index (χ2v) is 7.20. The normalized spacial score (nSPS) is 16.8. The zero-order valence-electron chi connectivity index (χ0n) is 15.6. The number of carbonyl (C=O) groups excluding carboxylic acids is 1. The molecular formula is C20H32ClN3O. The van der Waals surface area contributed by atoms with Crippen LogP contribution in [0.3, 0.4) is 0 Å². The highest BCUT2D eigenvalue weighted by atomic mass is 35.5. The van der Waals surface area contributed by atoms with Gasteiger partial charge in [-0.2, -0.15) is 0 Å². The molecule has 1 atom stereocenters. The molecule has 140 valence electrons. The van der Waals surface area contributed by atoms with Crippen LogP contribution in [0, 0.1) is 5.92 Å². The lowest BCUT2D eigenvalue weighted by Gasteiger charge is -2.31. The number of piperidine rings is 1. The van der Waals surface area contributed by atoms with Crippen molar-refractivity contribution in [2.75, 3.05) is 32.7 Å². The Balaban J connectivity index is 1.90. The molecule has 1 amide bonds. The summed E-state index contributed by atoms with van der Waals surface area (Å²) in [6, 6.07) is 8.06. The Morgan fingerprint density at radius 1 is 1.28 bits per heavy atom. The van der Waals surface area contributed by atoms with Crippen LogP contribution in [0.25, 0.3) is 0 Å². The topological polar surface area (TPSA) is 44.4 Å². The van der Waals surface area contributed by atoms with Crippen LogP contribution in [-0.4, -0.2) is 43.5 Å². The minimum Gasteiger partial charge on any atom is -0.354 e. The highest BCUT2D eigenvalue weighted by Gasteiger charge is 2.21. The van der Waals surface area contributed by atoms with Gasteiger partial charge in [0, 0.05) is 18.0 Å². The molecule has 1 aliphatic heterocycles. The maximum Gasteiger partial charge on any atom is 0.220 e. The number of amides is 1. The molecule has 0 spiro atoms. The van der Waals surface area contributed by atoms with Crippen molar-refractivity contribution in [3.63, 3.8) is 0 Å². The standard InChI is InChI=1S/C20H32ClN3O/c1-3-24(4-2)19(17-7-5-6-8-18(17)21)15-23-20(25)10-9-16-11-13-22-14-12-16/h5-8,16,19,22H,3-4,9-15H2,1-2H3,(H,23,25). The average Bonchev–Trinajstić information content (AvgIpc) is 2.65. The van der Waals surface area contributed by atoms with Gasteiger partial charge in [-0.1, -0.05) is 43.6 Å². The molecular weight excluding hydrogens is 334 g/mol. The van der Waals surface area contributed by atoms with Gasteiger partial charge in [-0.25, -0.2) is 0 Å². The molecule has 1 fully saturated rings. The van der Waals surface area contributed by atoms with Crippen molar-refractivity contribution in [2.24, 2.45) is 5.92 Å². The van der Waals surface area contributed by atoms with Gasteiger partial charge in [-0.15, -0.1) is 0 Å². The Hall–Kier alpha value is -1.10. The third-order valence-electron chi connectivity index (χ3n) is 5.25. The molecule has 1 saturated heterocycles. The van der Waals surface area contributed by atoms with Gasteiger partial charge in [0.1, 0.15) is 0 Å². The van der Waals surface area contributed by atoms with Crippen molar-refractivity contribution in [1.82, 2.24) is 15.5 Å². The number of carbonyl (C=O) groups is 1. The first-order valence-corrected chi connectivity index (χ1v) is 9.99. The molecule has 5 heteroatoms. The van der Waals surface area contributed by atoms with Crippen molar-refractivity contribution < 1.29 is 4.79 Å². The molecule has 1 aromatic rings.